The summed E-state index contributed by atoms with van der Waals surface area (Å²) < 4.78 is 5.29. The van der Waals surface area contributed by atoms with E-state index in [1.165, 1.54) is 24.0 Å². The highest BCUT2D eigenvalue weighted by atomic mass is 16.5. The molecule has 106 valence electrons. The summed E-state index contributed by atoms with van der Waals surface area (Å²) >= 11 is 0. The van der Waals surface area contributed by atoms with E-state index in [9.17, 15) is 0 Å². The fourth-order valence-corrected chi connectivity index (χ4v) is 3.49. The molecule has 0 spiro atoms. The van der Waals surface area contributed by atoms with Crippen LogP contribution in [0.3, 0.4) is 0 Å². The topological polar surface area (TPSA) is 35.2 Å². The third kappa shape index (κ3) is 2.94. The molecule has 2 unspecified atom stereocenters. The van der Waals surface area contributed by atoms with E-state index in [1.807, 2.05) is 6.07 Å². The highest BCUT2D eigenvalue weighted by Gasteiger charge is 2.36. The van der Waals surface area contributed by atoms with E-state index >= 15 is 0 Å². The Hall–Kier alpha value is -1.02. The molecule has 2 heteroatoms. The van der Waals surface area contributed by atoms with Gasteiger partial charge in [-0.3, -0.25) is 0 Å². The molecule has 0 amide bonds. The SMILES string of the molecule is COc1ccc(C2(N)CCCC(C(C)C)C2)c(C)c1. The van der Waals surface area contributed by atoms with Crippen molar-refractivity contribution in [1.82, 2.24) is 0 Å². The van der Waals surface area contributed by atoms with Gasteiger partial charge in [0, 0.05) is 5.54 Å². The first-order valence-electron chi connectivity index (χ1n) is 7.40. The Morgan fingerprint density at radius 2 is 2.11 bits per heavy atom. The molecule has 19 heavy (non-hydrogen) atoms. The number of nitrogens with two attached hydrogens (primary N) is 1. The fraction of sp³-hybridized carbons (Fsp3) is 0.647. The van der Waals surface area contributed by atoms with Crippen molar-refractivity contribution in [1.29, 1.82) is 0 Å². The van der Waals surface area contributed by atoms with Gasteiger partial charge in [0.05, 0.1) is 7.11 Å². The summed E-state index contributed by atoms with van der Waals surface area (Å²) in [4.78, 5) is 0. The smallest absolute Gasteiger partial charge is 0.119 e. The average molecular weight is 261 g/mol. The van der Waals surface area contributed by atoms with Crippen LogP contribution in [0.25, 0.3) is 0 Å². The minimum atomic E-state index is -0.149. The molecule has 0 aliphatic heterocycles. The van der Waals surface area contributed by atoms with Gasteiger partial charge in [-0.2, -0.15) is 0 Å². The Labute approximate surface area is 117 Å². The third-order valence-corrected chi connectivity index (χ3v) is 4.74. The summed E-state index contributed by atoms with van der Waals surface area (Å²) in [7, 11) is 1.71. The van der Waals surface area contributed by atoms with Gasteiger partial charge in [-0.05, 0) is 54.9 Å². The van der Waals surface area contributed by atoms with Crippen LogP contribution in [0.2, 0.25) is 0 Å². The highest BCUT2D eigenvalue weighted by Crippen LogP contribution is 2.42. The van der Waals surface area contributed by atoms with Crippen LogP contribution in [0.5, 0.6) is 5.75 Å². The van der Waals surface area contributed by atoms with E-state index < -0.39 is 0 Å². The van der Waals surface area contributed by atoms with Crippen LogP contribution in [0.15, 0.2) is 18.2 Å². The van der Waals surface area contributed by atoms with E-state index in [0.717, 1.165) is 30.4 Å². The Morgan fingerprint density at radius 1 is 1.37 bits per heavy atom. The molecular weight excluding hydrogens is 234 g/mol. The largest absolute Gasteiger partial charge is 0.497 e. The number of benzene rings is 1. The van der Waals surface area contributed by atoms with Crippen molar-refractivity contribution in [3.63, 3.8) is 0 Å². The molecule has 0 saturated heterocycles. The number of methoxy groups -OCH3 is 1. The Morgan fingerprint density at radius 3 is 2.68 bits per heavy atom. The Bertz CT molecular complexity index is 441. The molecule has 0 bridgehead atoms. The molecule has 2 nitrogen and oxygen atoms in total. The highest BCUT2D eigenvalue weighted by molar-refractivity contribution is 5.39. The quantitative estimate of drug-likeness (QED) is 0.892. The maximum Gasteiger partial charge on any atom is 0.119 e. The zero-order valence-corrected chi connectivity index (χ0v) is 12.7. The molecule has 1 aromatic rings. The Balaban J connectivity index is 2.28. The van der Waals surface area contributed by atoms with Gasteiger partial charge >= 0.3 is 0 Å². The molecule has 1 aliphatic rings. The van der Waals surface area contributed by atoms with Gasteiger partial charge in [0.1, 0.15) is 5.75 Å². The standard InChI is InChI=1S/C17H27NO/c1-12(2)14-6-5-9-17(18,11-14)16-8-7-15(19-4)10-13(16)3/h7-8,10,12,14H,5-6,9,11,18H2,1-4H3. The second kappa shape index (κ2) is 5.54. The number of aryl methyl sites for hydroxylation is 1. The van der Waals surface area contributed by atoms with Crippen molar-refractivity contribution in [2.45, 2.75) is 52.0 Å². The minimum Gasteiger partial charge on any atom is -0.497 e. The lowest BCUT2D eigenvalue weighted by atomic mass is 9.68. The minimum absolute atomic E-state index is 0.149. The lowest BCUT2D eigenvalue weighted by Gasteiger charge is -2.41. The van der Waals surface area contributed by atoms with E-state index in [4.69, 9.17) is 10.5 Å². The predicted molar refractivity (Wildman–Crippen MR) is 80.4 cm³/mol. The fourth-order valence-electron chi connectivity index (χ4n) is 3.49. The summed E-state index contributed by atoms with van der Waals surface area (Å²) in [6, 6.07) is 6.30. The Kier molecular flexibility index (Phi) is 4.19. The van der Waals surface area contributed by atoms with Crippen molar-refractivity contribution in [3.05, 3.63) is 29.3 Å². The molecule has 2 rings (SSSR count). The van der Waals surface area contributed by atoms with Gasteiger partial charge in [-0.15, -0.1) is 0 Å². The van der Waals surface area contributed by atoms with Gasteiger partial charge in [0.2, 0.25) is 0 Å². The number of ether oxygens (including phenoxy) is 1. The summed E-state index contributed by atoms with van der Waals surface area (Å²) in [5.41, 5.74) is 9.17. The molecular formula is C17H27NO. The number of rotatable bonds is 3. The maximum absolute atomic E-state index is 6.76. The monoisotopic (exact) mass is 261 g/mol. The second-order valence-corrected chi connectivity index (χ2v) is 6.44. The van der Waals surface area contributed by atoms with Crippen LogP contribution < -0.4 is 10.5 Å². The van der Waals surface area contributed by atoms with Crippen LogP contribution in [-0.4, -0.2) is 7.11 Å². The average Bonchev–Trinajstić information content (AvgIpc) is 2.38. The normalized spacial score (nSPS) is 27.6. The molecule has 0 heterocycles. The van der Waals surface area contributed by atoms with Crippen LogP contribution >= 0.6 is 0 Å². The molecule has 1 fully saturated rings. The van der Waals surface area contributed by atoms with Crippen molar-refractivity contribution in [3.8, 4) is 5.75 Å². The van der Waals surface area contributed by atoms with E-state index in [-0.39, 0.29) is 5.54 Å². The van der Waals surface area contributed by atoms with E-state index in [2.05, 4.69) is 32.9 Å². The predicted octanol–water partition coefficient (Wildman–Crippen LogP) is 4.00. The molecule has 2 atom stereocenters. The van der Waals surface area contributed by atoms with Crippen LogP contribution in [-0.2, 0) is 5.54 Å². The first-order chi connectivity index (χ1) is 8.96. The molecule has 1 saturated carbocycles. The second-order valence-electron chi connectivity index (χ2n) is 6.44. The molecule has 1 aliphatic carbocycles. The van der Waals surface area contributed by atoms with Gasteiger partial charge in [0.25, 0.3) is 0 Å². The maximum atomic E-state index is 6.76. The number of hydrogen-bond donors (Lipinski definition) is 1. The molecule has 0 radical (unpaired) electrons. The van der Waals surface area contributed by atoms with E-state index in [0.29, 0.717) is 0 Å². The van der Waals surface area contributed by atoms with Gasteiger partial charge in [-0.25, -0.2) is 0 Å². The van der Waals surface area contributed by atoms with Crippen molar-refractivity contribution >= 4 is 0 Å². The van der Waals surface area contributed by atoms with Gasteiger partial charge < -0.3 is 10.5 Å². The first kappa shape index (κ1) is 14.4. The van der Waals surface area contributed by atoms with Crippen molar-refractivity contribution in [2.24, 2.45) is 17.6 Å². The summed E-state index contributed by atoms with van der Waals surface area (Å²) in [5, 5.41) is 0. The molecule has 2 N–H and O–H groups in total. The number of hydrogen-bond acceptors (Lipinski definition) is 2. The first-order valence-corrected chi connectivity index (χ1v) is 7.40. The van der Waals surface area contributed by atoms with Gasteiger partial charge in [-0.1, -0.05) is 32.8 Å². The summed E-state index contributed by atoms with van der Waals surface area (Å²) in [6.07, 6.45) is 4.78. The molecule has 0 aromatic heterocycles. The van der Waals surface area contributed by atoms with Crippen LogP contribution in [0, 0.1) is 18.8 Å². The van der Waals surface area contributed by atoms with Gasteiger partial charge in [0.15, 0.2) is 0 Å². The molecule has 1 aromatic carbocycles. The van der Waals surface area contributed by atoms with Crippen LogP contribution in [0.1, 0.15) is 50.7 Å². The van der Waals surface area contributed by atoms with E-state index in [1.54, 1.807) is 7.11 Å². The lowest BCUT2D eigenvalue weighted by Crippen LogP contribution is -2.43. The summed E-state index contributed by atoms with van der Waals surface area (Å²) in [5.74, 6) is 2.39. The van der Waals surface area contributed by atoms with Crippen LogP contribution in [0.4, 0.5) is 0 Å². The zero-order valence-electron chi connectivity index (χ0n) is 12.7. The zero-order chi connectivity index (χ0) is 14.0. The summed E-state index contributed by atoms with van der Waals surface area (Å²) in [6.45, 7) is 6.78. The van der Waals surface area contributed by atoms with Crippen molar-refractivity contribution < 1.29 is 4.74 Å². The van der Waals surface area contributed by atoms with Crippen molar-refractivity contribution in [2.75, 3.05) is 7.11 Å². The third-order valence-electron chi connectivity index (χ3n) is 4.74. The lowest BCUT2D eigenvalue weighted by molar-refractivity contribution is 0.183.